The Hall–Kier alpha value is -0.0400. The second kappa shape index (κ2) is 4.76. The van der Waals surface area contributed by atoms with Crippen LogP contribution in [0.5, 0.6) is 0 Å². The molecular formula is C18H32O. The van der Waals surface area contributed by atoms with Gasteiger partial charge in [0.1, 0.15) is 0 Å². The molecule has 0 amide bonds. The highest BCUT2D eigenvalue weighted by Gasteiger charge is 2.64. The molecule has 19 heavy (non-hydrogen) atoms. The molecule has 0 radical (unpaired) electrons. The fraction of sp³-hybridized carbons (Fsp3) is 1.00. The first kappa shape index (κ1) is 13.9. The van der Waals surface area contributed by atoms with Crippen molar-refractivity contribution in [2.24, 2.45) is 34.5 Å². The van der Waals surface area contributed by atoms with Gasteiger partial charge in [-0.05, 0) is 73.0 Å². The van der Waals surface area contributed by atoms with Crippen molar-refractivity contribution in [2.45, 2.75) is 72.1 Å². The summed E-state index contributed by atoms with van der Waals surface area (Å²) in [6.07, 6.45) is 11.0. The molecule has 0 aromatic heterocycles. The predicted molar refractivity (Wildman–Crippen MR) is 79.9 cm³/mol. The van der Waals surface area contributed by atoms with Crippen LogP contribution < -0.4 is 0 Å². The molecule has 0 unspecified atom stereocenters. The van der Waals surface area contributed by atoms with Crippen molar-refractivity contribution >= 4 is 0 Å². The lowest BCUT2D eigenvalue weighted by molar-refractivity contribution is 0.0756. The van der Waals surface area contributed by atoms with Crippen molar-refractivity contribution in [2.75, 3.05) is 6.61 Å². The summed E-state index contributed by atoms with van der Waals surface area (Å²) < 4.78 is 0. The van der Waals surface area contributed by atoms with E-state index in [4.69, 9.17) is 5.11 Å². The molecule has 0 aromatic carbocycles. The number of hydrogen-bond donors (Lipinski definition) is 1. The SMILES string of the molecule is CC1(C)CCC[C@@]2(C)[C@@H]3CC[C@@H]([C@H]31)[C@@H]2CCCCO. The quantitative estimate of drug-likeness (QED) is 0.734. The Morgan fingerprint density at radius 2 is 1.84 bits per heavy atom. The zero-order valence-corrected chi connectivity index (χ0v) is 13.1. The second-order valence-corrected chi connectivity index (χ2v) is 8.55. The smallest absolute Gasteiger partial charge is 0.0431 e. The molecule has 3 aliphatic rings. The number of rotatable bonds is 4. The van der Waals surface area contributed by atoms with Gasteiger partial charge in [0.15, 0.2) is 0 Å². The van der Waals surface area contributed by atoms with E-state index < -0.39 is 0 Å². The molecule has 0 heterocycles. The molecule has 5 atom stereocenters. The van der Waals surface area contributed by atoms with Gasteiger partial charge in [-0.1, -0.05) is 33.6 Å². The van der Waals surface area contributed by atoms with Crippen LogP contribution in [-0.4, -0.2) is 11.7 Å². The van der Waals surface area contributed by atoms with Gasteiger partial charge in [-0.15, -0.1) is 0 Å². The highest BCUT2D eigenvalue weighted by Crippen LogP contribution is 2.71. The lowest BCUT2D eigenvalue weighted by Crippen LogP contribution is -2.33. The topological polar surface area (TPSA) is 20.2 Å². The number of hydrogen-bond acceptors (Lipinski definition) is 1. The summed E-state index contributed by atoms with van der Waals surface area (Å²) in [7, 11) is 0. The normalized spacial score (nSPS) is 47.4. The molecule has 1 heteroatoms. The molecular weight excluding hydrogens is 232 g/mol. The summed E-state index contributed by atoms with van der Waals surface area (Å²) in [5.74, 6) is 3.97. The van der Waals surface area contributed by atoms with E-state index in [1.54, 1.807) is 0 Å². The summed E-state index contributed by atoms with van der Waals surface area (Å²) in [6, 6.07) is 0. The maximum absolute atomic E-state index is 9.05. The van der Waals surface area contributed by atoms with E-state index in [-0.39, 0.29) is 0 Å². The largest absolute Gasteiger partial charge is 0.396 e. The fourth-order valence-corrected chi connectivity index (χ4v) is 6.59. The van der Waals surface area contributed by atoms with E-state index in [0.717, 1.165) is 30.1 Å². The first-order valence-electron chi connectivity index (χ1n) is 8.61. The average Bonchev–Trinajstić information content (AvgIpc) is 2.83. The predicted octanol–water partition coefficient (Wildman–Crippen LogP) is 4.64. The van der Waals surface area contributed by atoms with Crippen LogP contribution in [0.15, 0.2) is 0 Å². The van der Waals surface area contributed by atoms with Crippen LogP contribution in [0.3, 0.4) is 0 Å². The summed E-state index contributed by atoms with van der Waals surface area (Å²) in [4.78, 5) is 0. The highest BCUT2D eigenvalue weighted by molar-refractivity contribution is 5.12. The minimum Gasteiger partial charge on any atom is -0.396 e. The Morgan fingerprint density at radius 1 is 1.05 bits per heavy atom. The van der Waals surface area contributed by atoms with Gasteiger partial charge in [0.2, 0.25) is 0 Å². The monoisotopic (exact) mass is 264 g/mol. The maximum atomic E-state index is 9.05. The van der Waals surface area contributed by atoms with Gasteiger partial charge in [-0.2, -0.15) is 0 Å². The van der Waals surface area contributed by atoms with E-state index in [2.05, 4.69) is 20.8 Å². The van der Waals surface area contributed by atoms with Crippen molar-refractivity contribution < 1.29 is 5.11 Å². The van der Waals surface area contributed by atoms with Crippen molar-refractivity contribution in [1.29, 1.82) is 0 Å². The molecule has 0 aliphatic heterocycles. The third-order valence-electron chi connectivity index (χ3n) is 7.28. The van der Waals surface area contributed by atoms with Crippen molar-refractivity contribution in [1.82, 2.24) is 0 Å². The van der Waals surface area contributed by atoms with E-state index in [1.165, 1.54) is 44.9 Å². The van der Waals surface area contributed by atoms with Gasteiger partial charge >= 0.3 is 0 Å². The van der Waals surface area contributed by atoms with Gasteiger partial charge < -0.3 is 5.11 Å². The third-order valence-corrected chi connectivity index (χ3v) is 7.28. The van der Waals surface area contributed by atoms with E-state index >= 15 is 0 Å². The van der Waals surface area contributed by atoms with Crippen LogP contribution in [0.2, 0.25) is 0 Å². The van der Waals surface area contributed by atoms with E-state index in [9.17, 15) is 0 Å². The van der Waals surface area contributed by atoms with Crippen LogP contribution >= 0.6 is 0 Å². The Balaban J connectivity index is 1.84. The molecule has 3 fully saturated rings. The van der Waals surface area contributed by atoms with Crippen LogP contribution in [-0.2, 0) is 0 Å². The minimum absolute atomic E-state index is 0.381. The summed E-state index contributed by atoms with van der Waals surface area (Å²) in [5, 5.41) is 9.05. The molecule has 110 valence electrons. The molecule has 0 spiro atoms. The molecule has 3 aliphatic carbocycles. The van der Waals surface area contributed by atoms with Crippen LogP contribution in [0.25, 0.3) is 0 Å². The summed E-state index contributed by atoms with van der Waals surface area (Å²) in [6.45, 7) is 8.09. The first-order valence-corrected chi connectivity index (χ1v) is 8.61. The number of unbranched alkanes of at least 4 members (excludes halogenated alkanes) is 1. The van der Waals surface area contributed by atoms with Crippen molar-refractivity contribution in [3.05, 3.63) is 0 Å². The Bertz CT molecular complexity index is 335. The van der Waals surface area contributed by atoms with Gasteiger partial charge in [0.05, 0.1) is 0 Å². The van der Waals surface area contributed by atoms with Gasteiger partial charge in [0, 0.05) is 6.61 Å². The van der Waals surface area contributed by atoms with Gasteiger partial charge in [-0.3, -0.25) is 0 Å². The standard InChI is InChI=1S/C18H32O/c1-17(2)10-6-11-18(3)14(7-4-5-12-19)13-8-9-15(18)16(13)17/h13-16,19H,4-12H2,1-3H3/t13-,14+,15-,16-,18-/m1/s1. The minimum atomic E-state index is 0.381. The third kappa shape index (κ3) is 1.99. The molecule has 3 saturated carbocycles. The van der Waals surface area contributed by atoms with Crippen LogP contribution in [0, 0.1) is 34.5 Å². The Kier molecular flexibility index (Phi) is 3.48. The van der Waals surface area contributed by atoms with E-state index in [1.807, 2.05) is 0 Å². The maximum Gasteiger partial charge on any atom is 0.0431 e. The lowest BCUT2D eigenvalue weighted by atomic mass is 9.63. The molecule has 1 nitrogen and oxygen atoms in total. The van der Waals surface area contributed by atoms with Gasteiger partial charge in [-0.25, -0.2) is 0 Å². The highest BCUT2D eigenvalue weighted by atomic mass is 16.2. The molecule has 3 rings (SSSR count). The fourth-order valence-electron chi connectivity index (χ4n) is 6.59. The number of aliphatic hydroxyl groups is 1. The molecule has 0 saturated heterocycles. The molecule has 4 bridgehead atoms. The second-order valence-electron chi connectivity index (χ2n) is 8.55. The zero-order chi connectivity index (χ0) is 13.7. The Labute approximate surface area is 119 Å². The van der Waals surface area contributed by atoms with Crippen molar-refractivity contribution in [3.63, 3.8) is 0 Å². The van der Waals surface area contributed by atoms with Gasteiger partial charge in [0.25, 0.3) is 0 Å². The summed E-state index contributed by atoms with van der Waals surface area (Å²) in [5.41, 5.74) is 1.21. The molecule has 1 N–H and O–H groups in total. The average molecular weight is 264 g/mol. The lowest BCUT2D eigenvalue weighted by Gasteiger charge is -2.42. The number of aliphatic hydroxyl groups excluding tert-OH is 1. The summed E-state index contributed by atoms with van der Waals surface area (Å²) >= 11 is 0. The van der Waals surface area contributed by atoms with Crippen LogP contribution in [0.4, 0.5) is 0 Å². The zero-order valence-electron chi connectivity index (χ0n) is 13.1. The van der Waals surface area contributed by atoms with Crippen LogP contribution in [0.1, 0.15) is 72.1 Å². The molecule has 0 aromatic rings. The first-order chi connectivity index (χ1) is 9.00. The Morgan fingerprint density at radius 3 is 2.58 bits per heavy atom. The van der Waals surface area contributed by atoms with Crippen molar-refractivity contribution in [3.8, 4) is 0 Å². The van der Waals surface area contributed by atoms with E-state index in [0.29, 0.717) is 17.4 Å².